The number of hydrogen-bond donors (Lipinski definition) is 1. The van der Waals surface area contributed by atoms with Gasteiger partial charge in [-0.05, 0) is 61.6 Å². The van der Waals surface area contributed by atoms with E-state index < -0.39 is 10.0 Å². The summed E-state index contributed by atoms with van der Waals surface area (Å²) in [6.07, 6.45) is 2.74. The third kappa shape index (κ3) is 5.36. The number of nitrogens with zero attached hydrogens (tertiary/aromatic N) is 1. The Morgan fingerprint density at radius 3 is 2.28 bits per heavy atom. The maximum atomic E-state index is 12.6. The van der Waals surface area contributed by atoms with Crippen LogP contribution in [0, 0.1) is 0 Å². The molecule has 0 unspecified atom stereocenters. The minimum atomic E-state index is -3.39. The first-order valence-corrected chi connectivity index (χ1v) is 11.4. The highest BCUT2D eigenvalue weighted by Gasteiger charge is 2.26. The smallest absolute Gasteiger partial charge is 0.243 e. The fraction of sp³-hybridized carbons (Fsp3) is 0.409. The minimum absolute atomic E-state index is 0.0397. The normalized spacial score (nSPS) is 15.8. The van der Waals surface area contributed by atoms with Gasteiger partial charge in [0.1, 0.15) is 5.75 Å². The van der Waals surface area contributed by atoms with Crippen LogP contribution >= 0.6 is 0 Å². The molecular weight excluding hydrogens is 388 g/mol. The van der Waals surface area contributed by atoms with Gasteiger partial charge in [0.2, 0.25) is 15.9 Å². The lowest BCUT2D eigenvalue weighted by Gasteiger charge is -2.16. The van der Waals surface area contributed by atoms with Crippen molar-refractivity contribution in [2.24, 2.45) is 0 Å². The van der Waals surface area contributed by atoms with Crippen LogP contribution in [0.25, 0.3) is 0 Å². The number of carbonyl (C=O) groups excluding carboxylic acids is 1. The molecule has 1 atom stereocenters. The van der Waals surface area contributed by atoms with E-state index in [-0.39, 0.29) is 11.9 Å². The second kappa shape index (κ2) is 9.41. The monoisotopic (exact) mass is 416 g/mol. The Morgan fingerprint density at radius 1 is 1.07 bits per heavy atom. The Morgan fingerprint density at radius 2 is 1.69 bits per heavy atom. The van der Waals surface area contributed by atoms with Crippen LogP contribution in [0.3, 0.4) is 0 Å². The number of rotatable bonds is 8. The average Bonchev–Trinajstić information content (AvgIpc) is 3.28. The minimum Gasteiger partial charge on any atom is -0.497 e. The summed E-state index contributed by atoms with van der Waals surface area (Å²) in [6.45, 7) is 3.13. The largest absolute Gasteiger partial charge is 0.497 e. The van der Waals surface area contributed by atoms with E-state index in [0.717, 1.165) is 29.7 Å². The first kappa shape index (κ1) is 21.3. The molecule has 1 amide bonds. The lowest BCUT2D eigenvalue weighted by atomic mass is 10.1. The van der Waals surface area contributed by atoms with E-state index in [2.05, 4.69) is 5.32 Å². The lowest BCUT2D eigenvalue weighted by Crippen LogP contribution is -2.27. The summed E-state index contributed by atoms with van der Waals surface area (Å²) in [5.41, 5.74) is 1.95. The molecule has 2 aromatic carbocycles. The first-order chi connectivity index (χ1) is 13.9. The fourth-order valence-electron chi connectivity index (χ4n) is 3.45. The van der Waals surface area contributed by atoms with Crippen LogP contribution in [0.15, 0.2) is 53.4 Å². The molecule has 1 saturated heterocycles. The van der Waals surface area contributed by atoms with Crippen molar-refractivity contribution in [3.63, 3.8) is 0 Å². The number of methoxy groups -OCH3 is 1. The van der Waals surface area contributed by atoms with E-state index >= 15 is 0 Å². The average molecular weight is 417 g/mol. The fourth-order valence-corrected chi connectivity index (χ4v) is 4.97. The molecule has 6 nitrogen and oxygen atoms in total. The van der Waals surface area contributed by atoms with E-state index in [1.165, 1.54) is 4.31 Å². The van der Waals surface area contributed by atoms with Crippen LogP contribution in [0.4, 0.5) is 0 Å². The number of sulfonamides is 1. The molecule has 1 N–H and O–H groups in total. The molecule has 1 aliphatic rings. The van der Waals surface area contributed by atoms with Gasteiger partial charge < -0.3 is 10.1 Å². The van der Waals surface area contributed by atoms with Crippen molar-refractivity contribution in [2.75, 3.05) is 20.2 Å². The van der Waals surface area contributed by atoms with Crippen molar-refractivity contribution >= 4 is 15.9 Å². The summed E-state index contributed by atoms with van der Waals surface area (Å²) < 4.78 is 31.8. The summed E-state index contributed by atoms with van der Waals surface area (Å²) in [4.78, 5) is 12.6. The molecule has 156 valence electrons. The van der Waals surface area contributed by atoms with Crippen LogP contribution in [0.1, 0.15) is 43.4 Å². The number of carbonyl (C=O) groups is 1. The number of benzene rings is 2. The quantitative estimate of drug-likeness (QED) is 0.717. The van der Waals surface area contributed by atoms with Gasteiger partial charge in [-0.15, -0.1) is 0 Å². The Labute approximate surface area is 172 Å². The van der Waals surface area contributed by atoms with Crippen LogP contribution < -0.4 is 10.1 Å². The van der Waals surface area contributed by atoms with Crippen LogP contribution in [0.5, 0.6) is 5.75 Å². The number of ether oxygens (including phenoxy) is 1. The van der Waals surface area contributed by atoms with Crippen molar-refractivity contribution in [1.82, 2.24) is 9.62 Å². The predicted molar refractivity (Wildman–Crippen MR) is 112 cm³/mol. The Bertz CT molecular complexity index is 918. The summed E-state index contributed by atoms with van der Waals surface area (Å²) in [5.74, 6) is 0.740. The highest BCUT2D eigenvalue weighted by Crippen LogP contribution is 2.21. The van der Waals surface area contributed by atoms with E-state index in [9.17, 15) is 13.2 Å². The van der Waals surface area contributed by atoms with E-state index in [4.69, 9.17) is 4.74 Å². The maximum Gasteiger partial charge on any atom is 0.243 e. The van der Waals surface area contributed by atoms with E-state index in [1.807, 2.05) is 31.2 Å². The Balaban J connectivity index is 1.52. The number of amides is 1. The van der Waals surface area contributed by atoms with Gasteiger partial charge in [0.05, 0.1) is 18.0 Å². The molecular formula is C22H28N2O4S. The van der Waals surface area contributed by atoms with Crippen molar-refractivity contribution in [3.8, 4) is 5.75 Å². The van der Waals surface area contributed by atoms with Gasteiger partial charge in [-0.25, -0.2) is 8.42 Å². The molecule has 0 radical (unpaired) electrons. The van der Waals surface area contributed by atoms with Gasteiger partial charge in [0.15, 0.2) is 0 Å². The predicted octanol–water partition coefficient (Wildman–Crippen LogP) is 3.29. The number of nitrogens with one attached hydrogen (secondary N) is 1. The van der Waals surface area contributed by atoms with Gasteiger partial charge >= 0.3 is 0 Å². The highest BCUT2D eigenvalue weighted by molar-refractivity contribution is 7.89. The summed E-state index contributed by atoms with van der Waals surface area (Å²) >= 11 is 0. The van der Waals surface area contributed by atoms with E-state index in [0.29, 0.717) is 30.8 Å². The Hall–Kier alpha value is -2.38. The van der Waals surface area contributed by atoms with Gasteiger partial charge in [0.25, 0.3) is 0 Å². The first-order valence-electron chi connectivity index (χ1n) is 9.92. The molecule has 29 heavy (non-hydrogen) atoms. The standard InChI is InChI=1S/C22H28N2O4S/c1-17(19-8-10-20(28-2)11-9-19)23-22(25)14-7-18-5-12-21(13-6-18)29(26,27)24-15-3-4-16-24/h5-6,8-13,17H,3-4,7,14-16H2,1-2H3,(H,23,25)/t17-/m0/s1. The Kier molecular flexibility index (Phi) is 6.92. The molecule has 1 heterocycles. The molecule has 2 aromatic rings. The summed E-state index contributed by atoms with van der Waals surface area (Å²) in [5, 5.41) is 2.99. The highest BCUT2D eigenvalue weighted by atomic mass is 32.2. The molecule has 3 rings (SSSR count). The SMILES string of the molecule is COc1ccc([C@H](C)NC(=O)CCc2ccc(S(=O)(=O)N3CCCC3)cc2)cc1. The zero-order chi connectivity index (χ0) is 20.9. The zero-order valence-electron chi connectivity index (χ0n) is 16.9. The molecule has 1 fully saturated rings. The second-order valence-corrected chi connectivity index (χ2v) is 9.26. The summed E-state index contributed by atoms with van der Waals surface area (Å²) in [6, 6.07) is 14.4. The maximum absolute atomic E-state index is 12.6. The van der Waals surface area contributed by atoms with Crippen LogP contribution in [0.2, 0.25) is 0 Å². The molecule has 0 aliphatic carbocycles. The van der Waals surface area contributed by atoms with Crippen molar-refractivity contribution in [3.05, 3.63) is 59.7 Å². The van der Waals surface area contributed by atoms with Crippen LogP contribution in [-0.4, -0.2) is 38.8 Å². The second-order valence-electron chi connectivity index (χ2n) is 7.32. The lowest BCUT2D eigenvalue weighted by molar-refractivity contribution is -0.121. The van der Waals surface area contributed by atoms with Crippen molar-refractivity contribution in [1.29, 1.82) is 0 Å². The number of aryl methyl sites for hydroxylation is 1. The molecule has 0 spiro atoms. The van der Waals surface area contributed by atoms with Crippen molar-refractivity contribution in [2.45, 2.75) is 43.5 Å². The zero-order valence-corrected chi connectivity index (χ0v) is 17.7. The third-order valence-electron chi connectivity index (χ3n) is 5.26. The van der Waals surface area contributed by atoms with Gasteiger partial charge in [0, 0.05) is 19.5 Å². The molecule has 7 heteroatoms. The van der Waals surface area contributed by atoms with Gasteiger partial charge in [-0.3, -0.25) is 4.79 Å². The third-order valence-corrected chi connectivity index (χ3v) is 7.17. The number of hydrogen-bond acceptors (Lipinski definition) is 4. The molecule has 0 saturated carbocycles. The van der Waals surface area contributed by atoms with Gasteiger partial charge in [-0.2, -0.15) is 4.31 Å². The summed E-state index contributed by atoms with van der Waals surface area (Å²) in [7, 11) is -1.77. The van der Waals surface area contributed by atoms with Crippen molar-refractivity contribution < 1.29 is 17.9 Å². The molecule has 1 aliphatic heterocycles. The molecule has 0 bridgehead atoms. The van der Waals surface area contributed by atoms with E-state index in [1.54, 1.807) is 31.4 Å². The topological polar surface area (TPSA) is 75.7 Å². The van der Waals surface area contributed by atoms with Crippen LogP contribution in [-0.2, 0) is 21.2 Å². The molecule has 0 aromatic heterocycles. The van der Waals surface area contributed by atoms with Gasteiger partial charge in [-0.1, -0.05) is 24.3 Å².